The van der Waals surface area contributed by atoms with Gasteiger partial charge in [-0.1, -0.05) is 17.7 Å². The fourth-order valence-corrected chi connectivity index (χ4v) is 1.59. The molecule has 0 unspecified atom stereocenters. The van der Waals surface area contributed by atoms with Gasteiger partial charge in [-0.3, -0.25) is 0 Å². The Hall–Kier alpha value is -0.535. The van der Waals surface area contributed by atoms with Crippen LogP contribution in [0, 0.1) is 0 Å². The zero-order valence-electron chi connectivity index (χ0n) is 11.5. The summed E-state index contributed by atoms with van der Waals surface area (Å²) in [5.74, 6) is 0. The fraction of sp³-hybridized carbons (Fsp3) is 0.692. The minimum Gasteiger partial charge on any atom is -0.400 e. The summed E-state index contributed by atoms with van der Waals surface area (Å²) in [6.45, 7) is 14.5. The molecule has 3 heteroatoms. The molecule has 2 nitrogen and oxygen atoms in total. The van der Waals surface area contributed by atoms with E-state index in [9.17, 15) is 0 Å². The van der Waals surface area contributed by atoms with E-state index in [2.05, 4.69) is 47.6 Å². The summed E-state index contributed by atoms with van der Waals surface area (Å²) >= 11 is 0. The molecule has 90 valence electrons. The van der Waals surface area contributed by atoms with Crippen molar-refractivity contribution in [1.82, 2.24) is 0 Å². The van der Waals surface area contributed by atoms with Gasteiger partial charge in [0, 0.05) is 0 Å². The zero-order valence-corrected chi connectivity index (χ0v) is 11.5. The third kappa shape index (κ3) is 2.41. The van der Waals surface area contributed by atoms with E-state index in [4.69, 9.17) is 9.31 Å². The van der Waals surface area contributed by atoms with Gasteiger partial charge in [-0.25, -0.2) is 0 Å². The van der Waals surface area contributed by atoms with Crippen molar-refractivity contribution in [3.63, 3.8) is 0 Å². The highest BCUT2D eigenvalue weighted by molar-refractivity contribution is 6.54. The molecule has 1 fully saturated rings. The lowest BCUT2D eigenvalue weighted by molar-refractivity contribution is 0.00578. The molecule has 0 amide bonds. The summed E-state index contributed by atoms with van der Waals surface area (Å²) in [6.07, 6.45) is 4.12. The van der Waals surface area contributed by atoms with Gasteiger partial charge < -0.3 is 9.31 Å². The molecule has 1 aliphatic rings. The highest BCUT2D eigenvalue weighted by Gasteiger charge is 2.51. The van der Waals surface area contributed by atoms with Gasteiger partial charge in [0.1, 0.15) is 0 Å². The summed E-state index contributed by atoms with van der Waals surface area (Å²) in [7, 11) is -0.221. The zero-order chi connectivity index (χ0) is 12.6. The van der Waals surface area contributed by atoms with Crippen LogP contribution < -0.4 is 0 Å². The van der Waals surface area contributed by atoms with E-state index in [0.717, 1.165) is 5.47 Å². The van der Waals surface area contributed by atoms with Crippen molar-refractivity contribution in [1.29, 1.82) is 0 Å². The van der Waals surface area contributed by atoms with Crippen LogP contribution in [0.15, 0.2) is 23.2 Å². The first-order valence-electron chi connectivity index (χ1n) is 5.87. The molecule has 1 heterocycles. The Kier molecular flexibility index (Phi) is 3.71. The van der Waals surface area contributed by atoms with Crippen molar-refractivity contribution in [3.05, 3.63) is 23.2 Å². The van der Waals surface area contributed by atoms with E-state index in [1.165, 1.54) is 5.57 Å². The van der Waals surface area contributed by atoms with Gasteiger partial charge in [0.05, 0.1) is 11.2 Å². The molecular weight excluding hydrogens is 199 g/mol. The topological polar surface area (TPSA) is 18.5 Å². The molecule has 0 aromatic heterocycles. The smallest absolute Gasteiger partial charge is 0.400 e. The second-order valence-corrected chi connectivity index (χ2v) is 5.45. The molecule has 0 bridgehead atoms. The summed E-state index contributed by atoms with van der Waals surface area (Å²) in [6, 6.07) is 0. The van der Waals surface area contributed by atoms with Crippen molar-refractivity contribution < 1.29 is 9.31 Å². The first-order chi connectivity index (χ1) is 7.21. The van der Waals surface area contributed by atoms with Crippen LogP contribution in [0.1, 0.15) is 48.5 Å². The SMILES string of the molecule is C/C=C\C(C)=C(\C)B1OC(C)(C)C(C)(C)O1. The molecule has 1 saturated heterocycles. The predicted molar refractivity (Wildman–Crippen MR) is 69.3 cm³/mol. The maximum absolute atomic E-state index is 5.98. The molecule has 1 aliphatic heterocycles. The minimum atomic E-state index is -0.255. The Morgan fingerprint density at radius 1 is 1.00 bits per heavy atom. The Balaban J connectivity index is 2.92. The fourth-order valence-electron chi connectivity index (χ4n) is 1.59. The number of hydrogen-bond acceptors (Lipinski definition) is 2. The van der Waals surface area contributed by atoms with E-state index in [1.807, 2.05) is 13.0 Å². The molecule has 0 aromatic rings. The van der Waals surface area contributed by atoms with Crippen molar-refractivity contribution in [3.8, 4) is 0 Å². The van der Waals surface area contributed by atoms with Gasteiger partial charge in [0.2, 0.25) is 0 Å². The van der Waals surface area contributed by atoms with Crippen molar-refractivity contribution in [2.24, 2.45) is 0 Å². The van der Waals surface area contributed by atoms with Gasteiger partial charge >= 0.3 is 7.12 Å². The second kappa shape index (κ2) is 4.38. The van der Waals surface area contributed by atoms with Gasteiger partial charge in [-0.05, 0) is 53.9 Å². The Morgan fingerprint density at radius 2 is 1.44 bits per heavy atom. The first kappa shape index (κ1) is 13.5. The molecule has 0 saturated carbocycles. The van der Waals surface area contributed by atoms with Crippen LogP contribution in [-0.4, -0.2) is 18.3 Å². The van der Waals surface area contributed by atoms with Gasteiger partial charge in [0.15, 0.2) is 0 Å². The number of hydrogen-bond donors (Lipinski definition) is 0. The van der Waals surface area contributed by atoms with Crippen LogP contribution in [0.5, 0.6) is 0 Å². The lowest BCUT2D eigenvalue weighted by Crippen LogP contribution is -2.41. The summed E-state index contributed by atoms with van der Waals surface area (Å²) in [5, 5.41) is 0. The highest BCUT2D eigenvalue weighted by Crippen LogP contribution is 2.38. The van der Waals surface area contributed by atoms with E-state index >= 15 is 0 Å². The number of allylic oxidation sites excluding steroid dienone is 4. The average Bonchev–Trinajstić information content (AvgIpc) is 2.35. The molecular formula is C13H23BO2. The van der Waals surface area contributed by atoms with Crippen molar-refractivity contribution in [2.75, 3.05) is 0 Å². The molecule has 0 aliphatic carbocycles. The van der Waals surface area contributed by atoms with Gasteiger partial charge in [-0.15, -0.1) is 0 Å². The highest BCUT2D eigenvalue weighted by atomic mass is 16.7. The maximum Gasteiger partial charge on any atom is 0.490 e. The monoisotopic (exact) mass is 222 g/mol. The van der Waals surface area contributed by atoms with Crippen molar-refractivity contribution in [2.45, 2.75) is 59.7 Å². The summed E-state index contributed by atoms with van der Waals surface area (Å²) < 4.78 is 12.0. The summed E-state index contributed by atoms with van der Waals surface area (Å²) in [5.41, 5.74) is 1.85. The maximum atomic E-state index is 5.98. The van der Waals surface area contributed by atoms with E-state index in [1.54, 1.807) is 0 Å². The largest absolute Gasteiger partial charge is 0.490 e. The Morgan fingerprint density at radius 3 is 1.81 bits per heavy atom. The molecule has 0 radical (unpaired) electrons. The lowest BCUT2D eigenvalue weighted by Gasteiger charge is -2.32. The molecule has 0 N–H and O–H groups in total. The van der Waals surface area contributed by atoms with Crippen LogP contribution in [0.4, 0.5) is 0 Å². The standard InChI is InChI=1S/C13H23BO2/c1-8-9-10(2)11(3)14-15-12(4,5)13(6,7)16-14/h8-9H,1-7H3/b9-8-,11-10-. The van der Waals surface area contributed by atoms with Crippen LogP contribution in [0.3, 0.4) is 0 Å². The van der Waals surface area contributed by atoms with E-state index < -0.39 is 0 Å². The van der Waals surface area contributed by atoms with Crippen LogP contribution in [-0.2, 0) is 9.31 Å². The molecule has 0 spiro atoms. The van der Waals surface area contributed by atoms with E-state index in [-0.39, 0.29) is 18.3 Å². The van der Waals surface area contributed by atoms with Crippen LogP contribution in [0.2, 0.25) is 0 Å². The van der Waals surface area contributed by atoms with E-state index in [0.29, 0.717) is 0 Å². The second-order valence-electron chi connectivity index (χ2n) is 5.45. The normalized spacial score (nSPS) is 25.1. The minimum absolute atomic E-state index is 0.221. The van der Waals surface area contributed by atoms with Gasteiger partial charge in [0.25, 0.3) is 0 Å². The van der Waals surface area contributed by atoms with Crippen molar-refractivity contribution >= 4 is 7.12 Å². The quantitative estimate of drug-likeness (QED) is 0.525. The lowest BCUT2D eigenvalue weighted by atomic mass is 9.76. The molecule has 16 heavy (non-hydrogen) atoms. The van der Waals surface area contributed by atoms with Crippen LogP contribution >= 0.6 is 0 Å². The summed E-state index contributed by atoms with van der Waals surface area (Å²) in [4.78, 5) is 0. The Labute approximate surface area is 99.9 Å². The number of rotatable bonds is 2. The predicted octanol–water partition coefficient (Wildman–Crippen LogP) is 3.53. The average molecular weight is 222 g/mol. The van der Waals surface area contributed by atoms with Gasteiger partial charge in [-0.2, -0.15) is 0 Å². The molecule has 0 aromatic carbocycles. The molecule has 1 rings (SSSR count). The molecule has 0 atom stereocenters. The third-order valence-corrected chi connectivity index (χ3v) is 3.65. The van der Waals surface area contributed by atoms with Crippen LogP contribution in [0.25, 0.3) is 0 Å². The third-order valence-electron chi connectivity index (χ3n) is 3.65. The Bertz CT molecular complexity index is 311. The first-order valence-corrected chi connectivity index (χ1v) is 5.87.